The summed E-state index contributed by atoms with van der Waals surface area (Å²) >= 11 is 0. The first kappa shape index (κ1) is 12.7. The molecule has 0 radical (unpaired) electrons. The van der Waals surface area contributed by atoms with Gasteiger partial charge in [-0.05, 0) is 30.5 Å². The monoisotopic (exact) mass is 253 g/mol. The maximum Gasteiger partial charge on any atom is 0.387 e. The lowest BCUT2D eigenvalue weighted by atomic mass is 9.89. The van der Waals surface area contributed by atoms with E-state index in [-0.39, 0.29) is 5.75 Å². The van der Waals surface area contributed by atoms with Crippen molar-refractivity contribution in [3.63, 3.8) is 0 Å². The number of nitrogens with zero attached hydrogens (tertiary/aromatic N) is 1. The van der Waals surface area contributed by atoms with Gasteiger partial charge in [-0.25, -0.2) is 4.79 Å². The van der Waals surface area contributed by atoms with E-state index < -0.39 is 12.2 Å². The van der Waals surface area contributed by atoms with Gasteiger partial charge in [0, 0.05) is 0 Å². The summed E-state index contributed by atoms with van der Waals surface area (Å²) in [7, 11) is 0. The summed E-state index contributed by atoms with van der Waals surface area (Å²) in [5.41, 5.74) is 0.329. The van der Waals surface area contributed by atoms with Crippen LogP contribution < -0.4 is 4.74 Å². The maximum atomic E-state index is 12.0. The average molecular weight is 253 g/mol. The molecule has 1 aromatic rings. The highest BCUT2D eigenvalue weighted by molar-refractivity contribution is 5.40. The number of hydrogen-bond acceptors (Lipinski definition) is 3. The van der Waals surface area contributed by atoms with E-state index >= 15 is 0 Å². The Morgan fingerprint density at radius 2 is 1.83 bits per heavy atom. The van der Waals surface area contributed by atoms with Gasteiger partial charge in [0.05, 0.1) is 5.54 Å². The molecule has 1 fully saturated rings. The molecule has 1 aliphatic carbocycles. The number of rotatable bonds is 4. The lowest BCUT2D eigenvalue weighted by Gasteiger charge is -2.22. The van der Waals surface area contributed by atoms with Gasteiger partial charge < -0.3 is 4.74 Å². The van der Waals surface area contributed by atoms with Crippen molar-refractivity contribution >= 4 is 6.08 Å². The lowest BCUT2D eigenvalue weighted by molar-refractivity contribution is -0.0498. The third-order valence-electron chi connectivity index (χ3n) is 3.31. The van der Waals surface area contributed by atoms with Crippen LogP contribution >= 0.6 is 0 Å². The molecule has 3 nitrogen and oxygen atoms in total. The molecule has 1 aliphatic rings. The molecule has 0 saturated heterocycles. The first-order valence-corrected chi connectivity index (χ1v) is 5.81. The summed E-state index contributed by atoms with van der Waals surface area (Å²) in [6.45, 7) is -2.83. The second kappa shape index (κ2) is 5.27. The molecular weight excluding hydrogens is 240 g/mol. The van der Waals surface area contributed by atoms with E-state index in [0.29, 0.717) is 0 Å². The smallest absolute Gasteiger partial charge is 0.387 e. The highest BCUT2D eigenvalue weighted by Gasteiger charge is 2.35. The van der Waals surface area contributed by atoms with Crippen molar-refractivity contribution in [2.75, 3.05) is 0 Å². The number of carbonyl (C=O) groups excluding carboxylic acids is 1. The highest BCUT2D eigenvalue weighted by atomic mass is 19.3. The van der Waals surface area contributed by atoms with Gasteiger partial charge in [-0.15, -0.1) is 0 Å². The normalized spacial score (nSPS) is 17.5. The molecule has 2 rings (SSSR count). The van der Waals surface area contributed by atoms with Gasteiger partial charge in [-0.2, -0.15) is 13.8 Å². The van der Waals surface area contributed by atoms with Gasteiger partial charge in [-0.1, -0.05) is 25.0 Å². The molecule has 0 bridgehead atoms. The number of ether oxygens (including phenoxy) is 1. The van der Waals surface area contributed by atoms with Crippen LogP contribution in [0, 0.1) is 0 Å². The zero-order valence-electron chi connectivity index (χ0n) is 9.73. The number of halogens is 2. The van der Waals surface area contributed by atoms with Crippen LogP contribution in [0.2, 0.25) is 0 Å². The Morgan fingerprint density at radius 1 is 1.22 bits per heavy atom. The van der Waals surface area contributed by atoms with Gasteiger partial charge in [0.15, 0.2) is 0 Å². The second-order valence-electron chi connectivity index (χ2n) is 4.34. The third kappa shape index (κ3) is 2.57. The summed E-state index contributed by atoms with van der Waals surface area (Å²) in [6, 6.07) is 6.32. The molecule has 0 atom stereocenters. The molecule has 0 heterocycles. The van der Waals surface area contributed by atoms with Crippen LogP contribution in [0.25, 0.3) is 0 Å². The maximum absolute atomic E-state index is 12.0. The molecule has 1 aromatic carbocycles. The van der Waals surface area contributed by atoms with Gasteiger partial charge in [0.2, 0.25) is 6.08 Å². The number of alkyl halides is 2. The first-order chi connectivity index (χ1) is 8.66. The minimum Gasteiger partial charge on any atom is -0.435 e. The van der Waals surface area contributed by atoms with Crippen molar-refractivity contribution in [2.24, 2.45) is 4.99 Å². The van der Waals surface area contributed by atoms with Gasteiger partial charge in [0.25, 0.3) is 0 Å². The van der Waals surface area contributed by atoms with Gasteiger partial charge >= 0.3 is 6.61 Å². The topological polar surface area (TPSA) is 38.7 Å². The van der Waals surface area contributed by atoms with E-state index in [4.69, 9.17) is 0 Å². The molecule has 5 heteroatoms. The summed E-state index contributed by atoms with van der Waals surface area (Å²) in [5.74, 6) is 0.108. The predicted molar refractivity (Wildman–Crippen MR) is 61.3 cm³/mol. The molecule has 0 N–H and O–H groups in total. The van der Waals surface area contributed by atoms with Gasteiger partial charge in [-0.3, -0.25) is 0 Å². The fourth-order valence-electron chi connectivity index (χ4n) is 2.46. The number of aliphatic imine (C=N–C) groups is 1. The fourth-order valence-corrected chi connectivity index (χ4v) is 2.46. The van der Waals surface area contributed by atoms with Crippen LogP contribution in [0.5, 0.6) is 5.75 Å². The predicted octanol–water partition coefficient (Wildman–Crippen LogP) is 3.39. The van der Waals surface area contributed by atoms with E-state index in [1.165, 1.54) is 12.1 Å². The minimum atomic E-state index is -2.83. The molecule has 0 aliphatic heterocycles. The van der Waals surface area contributed by atoms with Crippen molar-refractivity contribution in [1.29, 1.82) is 0 Å². The van der Waals surface area contributed by atoms with E-state index in [2.05, 4.69) is 9.73 Å². The Morgan fingerprint density at radius 3 is 2.33 bits per heavy atom. The van der Waals surface area contributed by atoms with Crippen molar-refractivity contribution in [2.45, 2.75) is 37.8 Å². The number of benzene rings is 1. The van der Waals surface area contributed by atoms with Crippen LogP contribution in [0.3, 0.4) is 0 Å². The summed E-state index contributed by atoms with van der Waals surface area (Å²) in [4.78, 5) is 14.5. The molecule has 0 unspecified atom stereocenters. The quantitative estimate of drug-likeness (QED) is 0.609. The molecule has 0 aromatic heterocycles. The fraction of sp³-hybridized carbons (Fsp3) is 0.462. The lowest BCUT2D eigenvalue weighted by Crippen LogP contribution is -2.18. The van der Waals surface area contributed by atoms with E-state index in [1.807, 2.05) is 0 Å². The van der Waals surface area contributed by atoms with Crippen molar-refractivity contribution in [3.05, 3.63) is 29.8 Å². The van der Waals surface area contributed by atoms with Crippen LogP contribution in [-0.4, -0.2) is 12.7 Å². The van der Waals surface area contributed by atoms with Crippen LogP contribution in [0.15, 0.2) is 29.3 Å². The largest absolute Gasteiger partial charge is 0.435 e. The average Bonchev–Trinajstić information content (AvgIpc) is 2.79. The first-order valence-electron chi connectivity index (χ1n) is 5.81. The van der Waals surface area contributed by atoms with Crippen molar-refractivity contribution in [3.8, 4) is 5.75 Å². The third-order valence-corrected chi connectivity index (χ3v) is 3.31. The molecule has 96 valence electrons. The van der Waals surface area contributed by atoms with E-state index in [0.717, 1.165) is 31.2 Å². The molecule has 18 heavy (non-hydrogen) atoms. The van der Waals surface area contributed by atoms with Crippen LogP contribution in [0.1, 0.15) is 31.2 Å². The zero-order chi connectivity index (χ0) is 13.0. The van der Waals surface area contributed by atoms with Crippen molar-refractivity contribution < 1.29 is 18.3 Å². The Kier molecular flexibility index (Phi) is 3.72. The molecule has 1 saturated carbocycles. The number of isocyanates is 1. The molecular formula is C13H13F2NO2. The van der Waals surface area contributed by atoms with Crippen LogP contribution in [0.4, 0.5) is 8.78 Å². The number of hydrogen-bond donors (Lipinski definition) is 0. The van der Waals surface area contributed by atoms with E-state index in [9.17, 15) is 13.6 Å². The summed E-state index contributed by atoms with van der Waals surface area (Å²) in [6.07, 6.45) is 5.20. The van der Waals surface area contributed by atoms with Gasteiger partial charge in [0.1, 0.15) is 5.75 Å². The standard InChI is InChI=1S/C13H13F2NO2/c14-12(15)18-11-5-3-10(4-6-11)13(16-9-17)7-1-2-8-13/h3-6,12H,1-2,7-8H2. The summed E-state index contributed by atoms with van der Waals surface area (Å²) in [5, 5.41) is 0. The second-order valence-corrected chi connectivity index (χ2v) is 4.34. The Balaban J connectivity index is 2.24. The zero-order valence-corrected chi connectivity index (χ0v) is 9.73. The molecule has 0 amide bonds. The van der Waals surface area contributed by atoms with Crippen LogP contribution in [-0.2, 0) is 10.3 Å². The Hall–Kier alpha value is -1.74. The van der Waals surface area contributed by atoms with E-state index in [1.54, 1.807) is 18.2 Å². The molecule has 0 spiro atoms. The summed E-state index contributed by atoms with van der Waals surface area (Å²) < 4.78 is 28.3. The SMILES string of the molecule is O=C=NC1(c2ccc(OC(F)F)cc2)CCCC1. The van der Waals surface area contributed by atoms with Crippen molar-refractivity contribution in [1.82, 2.24) is 0 Å². The highest BCUT2D eigenvalue weighted by Crippen LogP contribution is 2.42. The Labute approximate surface area is 103 Å². The Bertz CT molecular complexity index is 447. The minimum absolute atomic E-state index is 0.108.